The van der Waals surface area contributed by atoms with E-state index in [0.717, 1.165) is 29.2 Å². The van der Waals surface area contributed by atoms with E-state index < -0.39 is 17.7 Å². The van der Waals surface area contributed by atoms with Crippen molar-refractivity contribution in [2.75, 3.05) is 6.54 Å². The van der Waals surface area contributed by atoms with Crippen molar-refractivity contribution in [3.63, 3.8) is 0 Å². The lowest BCUT2D eigenvalue weighted by atomic mass is 10.0. The molecule has 2 aromatic carbocycles. The van der Waals surface area contributed by atoms with Gasteiger partial charge in [0.05, 0.1) is 12.2 Å². The third-order valence-electron chi connectivity index (χ3n) is 5.14. The van der Waals surface area contributed by atoms with Gasteiger partial charge in [-0.05, 0) is 24.1 Å². The highest BCUT2D eigenvalue weighted by atomic mass is 19.2. The first kappa shape index (κ1) is 19.3. The van der Waals surface area contributed by atoms with Crippen molar-refractivity contribution in [2.24, 2.45) is 5.73 Å². The van der Waals surface area contributed by atoms with Gasteiger partial charge in [-0.2, -0.15) is 0 Å². The van der Waals surface area contributed by atoms with Crippen molar-refractivity contribution in [2.45, 2.75) is 32.0 Å². The van der Waals surface area contributed by atoms with Crippen LogP contribution in [0.1, 0.15) is 17.8 Å². The molecule has 7 heteroatoms. The minimum Gasteiger partial charge on any atom is -0.333 e. The van der Waals surface area contributed by atoms with Crippen molar-refractivity contribution >= 4 is 5.91 Å². The Labute approximate surface area is 167 Å². The molecule has 1 amide bonds. The molecular formula is C22H22F2N4O. The van der Waals surface area contributed by atoms with Crippen molar-refractivity contribution in [1.82, 2.24) is 14.5 Å². The molecule has 0 fully saturated rings. The predicted molar refractivity (Wildman–Crippen MR) is 106 cm³/mol. The van der Waals surface area contributed by atoms with Crippen LogP contribution >= 0.6 is 0 Å². The van der Waals surface area contributed by atoms with Crippen LogP contribution < -0.4 is 5.73 Å². The minimum atomic E-state index is -0.905. The van der Waals surface area contributed by atoms with Crippen molar-refractivity contribution in [3.8, 4) is 11.3 Å². The van der Waals surface area contributed by atoms with E-state index >= 15 is 0 Å². The lowest BCUT2D eigenvalue weighted by Crippen LogP contribution is -2.41. The molecule has 0 spiro atoms. The average Bonchev–Trinajstić information content (AvgIpc) is 3.15. The van der Waals surface area contributed by atoms with Gasteiger partial charge in [0, 0.05) is 37.3 Å². The van der Waals surface area contributed by atoms with Gasteiger partial charge in [-0.15, -0.1) is 0 Å². The monoisotopic (exact) mass is 396 g/mol. The van der Waals surface area contributed by atoms with E-state index in [-0.39, 0.29) is 12.3 Å². The van der Waals surface area contributed by atoms with E-state index in [4.69, 9.17) is 5.73 Å². The minimum absolute atomic E-state index is 0.0596. The first-order chi connectivity index (χ1) is 14.0. The van der Waals surface area contributed by atoms with Gasteiger partial charge in [0.1, 0.15) is 5.82 Å². The van der Waals surface area contributed by atoms with E-state index in [1.807, 2.05) is 36.5 Å². The molecule has 2 heterocycles. The fourth-order valence-corrected chi connectivity index (χ4v) is 3.61. The molecule has 1 aliphatic heterocycles. The molecule has 3 aromatic rings. The summed E-state index contributed by atoms with van der Waals surface area (Å²) in [5.41, 5.74) is 8.60. The van der Waals surface area contributed by atoms with Gasteiger partial charge in [0.25, 0.3) is 0 Å². The van der Waals surface area contributed by atoms with Gasteiger partial charge < -0.3 is 15.2 Å². The number of fused-ring (bicyclic) bond motifs is 1. The highest BCUT2D eigenvalue weighted by molar-refractivity contribution is 5.77. The average molecular weight is 396 g/mol. The molecule has 1 atom stereocenters. The van der Waals surface area contributed by atoms with Crippen LogP contribution in [0.4, 0.5) is 8.78 Å². The Bertz CT molecular complexity index is 1020. The Morgan fingerprint density at radius 1 is 1.10 bits per heavy atom. The summed E-state index contributed by atoms with van der Waals surface area (Å²) in [4.78, 5) is 19.1. The number of carbonyl (C=O) groups excluding carboxylic acids is 1. The number of hydrogen-bond acceptors (Lipinski definition) is 3. The van der Waals surface area contributed by atoms with E-state index in [2.05, 4.69) is 9.55 Å². The zero-order chi connectivity index (χ0) is 20.4. The lowest BCUT2D eigenvalue weighted by Gasteiger charge is -2.28. The maximum Gasteiger partial charge on any atom is 0.224 e. The van der Waals surface area contributed by atoms with Gasteiger partial charge in [0.15, 0.2) is 11.6 Å². The van der Waals surface area contributed by atoms with Crippen LogP contribution in [0.2, 0.25) is 0 Å². The molecule has 0 saturated heterocycles. The number of nitrogens with two attached hydrogens (primary N) is 1. The number of nitrogens with zero attached hydrogens (tertiary/aromatic N) is 3. The lowest BCUT2D eigenvalue weighted by molar-refractivity contribution is -0.133. The number of rotatable bonds is 5. The molecule has 1 aromatic heterocycles. The van der Waals surface area contributed by atoms with Crippen LogP contribution in [0, 0.1) is 11.6 Å². The molecule has 0 bridgehead atoms. The number of aromatic nitrogens is 2. The Hall–Kier alpha value is -3.06. The molecule has 4 rings (SSSR count). The summed E-state index contributed by atoms with van der Waals surface area (Å²) in [6, 6.07) is 13.2. The Morgan fingerprint density at radius 3 is 2.66 bits per heavy atom. The van der Waals surface area contributed by atoms with E-state index in [0.29, 0.717) is 31.6 Å². The maximum atomic E-state index is 13.3. The second-order valence-electron chi connectivity index (χ2n) is 7.33. The third kappa shape index (κ3) is 4.35. The molecule has 0 radical (unpaired) electrons. The highest BCUT2D eigenvalue weighted by Gasteiger charge is 2.24. The van der Waals surface area contributed by atoms with Crippen molar-refractivity contribution in [1.29, 1.82) is 0 Å². The third-order valence-corrected chi connectivity index (χ3v) is 5.14. The quantitative estimate of drug-likeness (QED) is 0.721. The molecule has 0 saturated carbocycles. The first-order valence-electron chi connectivity index (χ1n) is 9.58. The molecule has 1 unspecified atom stereocenters. The van der Waals surface area contributed by atoms with Gasteiger partial charge in [-0.3, -0.25) is 4.79 Å². The van der Waals surface area contributed by atoms with Crippen LogP contribution in [-0.2, 0) is 24.3 Å². The molecule has 29 heavy (non-hydrogen) atoms. The second-order valence-corrected chi connectivity index (χ2v) is 7.33. The number of amides is 1. The molecular weight excluding hydrogens is 374 g/mol. The van der Waals surface area contributed by atoms with Crippen LogP contribution in [0.25, 0.3) is 11.3 Å². The molecule has 0 aliphatic carbocycles. The maximum absolute atomic E-state index is 13.3. The van der Waals surface area contributed by atoms with Crippen LogP contribution in [0.15, 0.2) is 54.7 Å². The summed E-state index contributed by atoms with van der Waals surface area (Å²) in [6.45, 7) is 1.71. The summed E-state index contributed by atoms with van der Waals surface area (Å²) in [5.74, 6) is -1.01. The van der Waals surface area contributed by atoms with Crippen molar-refractivity contribution < 1.29 is 13.6 Å². The molecule has 1 aliphatic rings. The van der Waals surface area contributed by atoms with E-state index in [1.54, 1.807) is 4.90 Å². The van der Waals surface area contributed by atoms with Crippen LogP contribution in [0.3, 0.4) is 0 Å². The highest BCUT2D eigenvalue weighted by Crippen LogP contribution is 2.22. The summed E-state index contributed by atoms with van der Waals surface area (Å²) >= 11 is 0. The number of hydrogen-bond donors (Lipinski definition) is 1. The second kappa shape index (κ2) is 8.13. The van der Waals surface area contributed by atoms with Gasteiger partial charge >= 0.3 is 0 Å². The Balaban J connectivity index is 1.38. The van der Waals surface area contributed by atoms with Gasteiger partial charge in [-0.25, -0.2) is 13.8 Å². The number of benzene rings is 2. The summed E-state index contributed by atoms with van der Waals surface area (Å²) in [7, 11) is 0. The predicted octanol–water partition coefficient (Wildman–Crippen LogP) is 3.13. The largest absolute Gasteiger partial charge is 0.333 e. The van der Waals surface area contributed by atoms with Crippen molar-refractivity contribution in [3.05, 3.63) is 77.8 Å². The standard InChI is InChI=1S/C22H22F2N4O/c23-18-7-6-15(11-19(18)24)10-17(25)12-22(29)28-9-8-27-13-20(26-21(27)14-28)16-4-2-1-3-5-16/h1-7,11,13,17H,8-10,12,14,25H2. The zero-order valence-corrected chi connectivity index (χ0v) is 15.9. The SMILES string of the molecule is NC(CC(=O)N1CCn2cc(-c3ccccc3)nc2C1)Cc1ccc(F)c(F)c1. The molecule has 2 N–H and O–H groups in total. The number of halogens is 2. The zero-order valence-electron chi connectivity index (χ0n) is 15.9. The molecule has 5 nitrogen and oxygen atoms in total. The normalized spacial score (nSPS) is 14.5. The first-order valence-corrected chi connectivity index (χ1v) is 9.58. The number of imidazole rings is 1. The topological polar surface area (TPSA) is 64.2 Å². The van der Waals surface area contributed by atoms with Crippen LogP contribution in [0.5, 0.6) is 0 Å². The molecule has 150 valence electrons. The van der Waals surface area contributed by atoms with Gasteiger partial charge in [0.2, 0.25) is 5.91 Å². The van der Waals surface area contributed by atoms with Gasteiger partial charge in [-0.1, -0.05) is 36.4 Å². The Kier molecular flexibility index (Phi) is 5.40. The summed E-state index contributed by atoms with van der Waals surface area (Å²) in [5, 5.41) is 0. The Morgan fingerprint density at radius 2 is 1.90 bits per heavy atom. The summed E-state index contributed by atoms with van der Waals surface area (Å²) < 4.78 is 28.5. The van der Waals surface area contributed by atoms with Crippen LogP contribution in [-0.4, -0.2) is 32.9 Å². The smallest absolute Gasteiger partial charge is 0.224 e. The van der Waals surface area contributed by atoms with E-state index in [1.165, 1.54) is 6.07 Å². The fraction of sp³-hybridized carbons (Fsp3) is 0.273. The summed E-state index contributed by atoms with van der Waals surface area (Å²) in [6.07, 6.45) is 2.47. The fourth-order valence-electron chi connectivity index (χ4n) is 3.61. The number of carbonyl (C=O) groups is 1. The van der Waals surface area contributed by atoms with E-state index in [9.17, 15) is 13.6 Å².